The highest BCUT2D eigenvalue weighted by molar-refractivity contribution is 6.17. The van der Waals surface area contributed by atoms with Gasteiger partial charge in [0.15, 0.2) is 5.78 Å². The lowest BCUT2D eigenvalue weighted by Gasteiger charge is -2.06. The zero-order valence-electron chi connectivity index (χ0n) is 8.22. The topological polar surface area (TPSA) is 22.0 Å². The molecule has 1 heterocycles. The van der Waals surface area contributed by atoms with Crippen molar-refractivity contribution in [3.63, 3.8) is 0 Å². The fourth-order valence-corrected chi connectivity index (χ4v) is 1.76. The predicted molar refractivity (Wildman–Crippen MR) is 54.6 cm³/mol. The molecule has 0 unspecified atom stereocenters. The maximum atomic E-state index is 11.2. The molecule has 0 aliphatic rings. The molecule has 0 spiro atoms. The minimum Gasteiger partial charge on any atom is -0.347 e. The third-order valence-electron chi connectivity index (χ3n) is 2.26. The van der Waals surface area contributed by atoms with Crippen LogP contribution in [0.1, 0.15) is 28.7 Å². The number of carbonyl (C=O) groups is 1. The Balaban J connectivity index is 3.14. The van der Waals surface area contributed by atoms with Crippen LogP contribution in [0.3, 0.4) is 0 Å². The third kappa shape index (κ3) is 1.94. The largest absolute Gasteiger partial charge is 0.347 e. The van der Waals surface area contributed by atoms with Gasteiger partial charge in [-0.15, -0.1) is 11.6 Å². The molecule has 1 aromatic rings. The van der Waals surface area contributed by atoms with Gasteiger partial charge in [-0.05, 0) is 26.8 Å². The lowest BCUT2D eigenvalue weighted by Crippen LogP contribution is -2.04. The van der Waals surface area contributed by atoms with Gasteiger partial charge in [-0.3, -0.25) is 4.79 Å². The Labute approximate surface area is 83.5 Å². The summed E-state index contributed by atoms with van der Waals surface area (Å²) in [6, 6.07) is 1.92. The number of carbonyl (C=O) groups excluding carboxylic acids is 1. The van der Waals surface area contributed by atoms with Crippen LogP contribution >= 0.6 is 11.6 Å². The maximum Gasteiger partial charge on any atom is 0.161 e. The number of halogens is 1. The van der Waals surface area contributed by atoms with Crippen LogP contribution in [0, 0.1) is 13.8 Å². The van der Waals surface area contributed by atoms with Crippen molar-refractivity contribution in [2.24, 2.45) is 0 Å². The van der Waals surface area contributed by atoms with E-state index < -0.39 is 0 Å². The molecule has 0 amide bonds. The summed E-state index contributed by atoms with van der Waals surface area (Å²) < 4.78 is 2.07. The molecular formula is C10H14ClNO. The molecule has 0 aromatic carbocycles. The number of aryl methyl sites for hydroxylation is 1. The summed E-state index contributed by atoms with van der Waals surface area (Å²) in [6.45, 7) is 6.31. The van der Waals surface area contributed by atoms with E-state index in [2.05, 4.69) is 4.57 Å². The van der Waals surface area contributed by atoms with Gasteiger partial charge in [-0.25, -0.2) is 0 Å². The van der Waals surface area contributed by atoms with Gasteiger partial charge in [-0.2, -0.15) is 0 Å². The molecule has 3 heteroatoms. The Bertz CT molecular complexity index is 328. The highest BCUT2D eigenvalue weighted by Gasteiger charge is 2.11. The van der Waals surface area contributed by atoms with E-state index in [1.54, 1.807) is 6.92 Å². The highest BCUT2D eigenvalue weighted by Crippen LogP contribution is 2.15. The number of rotatable bonds is 3. The predicted octanol–water partition coefficient (Wildman–Crippen LogP) is 2.55. The second-order valence-electron chi connectivity index (χ2n) is 3.18. The van der Waals surface area contributed by atoms with Crippen molar-refractivity contribution in [3.8, 4) is 0 Å². The van der Waals surface area contributed by atoms with Gasteiger partial charge < -0.3 is 4.57 Å². The van der Waals surface area contributed by atoms with Gasteiger partial charge in [0.2, 0.25) is 0 Å². The summed E-state index contributed by atoms with van der Waals surface area (Å²) >= 11 is 5.66. The van der Waals surface area contributed by atoms with E-state index in [0.29, 0.717) is 5.88 Å². The first-order valence-electron chi connectivity index (χ1n) is 4.31. The van der Waals surface area contributed by atoms with Gasteiger partial charge >= 0.3 is 0 Å². The highest BCUT2D eigenvalue weighted by atomic mass is 35.5. The Hall–Kier alpha value is -0.760. The molecule has 13 heavy (non-hydrogen) atoms. The average molecular weight is 200 g/mol. The zero-order chi connectivity index (χ0) is 10.0. The Morgan fingerprint density at radius 3 is 2.54 bits per heavy atom. The number of hydrogen-bond acceptors (Lipinski definition) is 1. The molecule has 0 bridgehead atoms. The van der Waals surface area contributed by atoms with Crippen molar-refractivity contribution in [1.82, 2.24) is 4.57 Å². The lowest BCUT2D eigenvalue weighted by molar-refractivity contribution is 0.101. The summed E-state index contributed by atoms with van der Waals surface area (Å²) in [5.41, 5.74) is 2.93. The molecule has 0 aliphatic heterocycles. The molecule has 0 radical (unpaired) electrons. The quantitative estimate of drug-likeness (QED) is 0.542. The second-order valence-corrected chi connectivity index (χ2v) is 3.56. The first-order chi connectivity index (χ1) is 6.07. The SMILES string of the molecule is CC(=O)c1cc(C)n(CCCl)c1C. The van der Waals surface area contributed by atoms with Crippen molar-refractivity contribution >= 4 is 17.4 Å². The van der Waals surface area contributed by atoms with Crippen molar-refractivity contribution in [3.05, 3.63) is 23.0 Å². The van der Waals surface area contributed by atoms with Gasteiger partial charge in [0.05, 0.1) is 0 Å². The van der Waals surface area contributed by atoms with E-state index in [0.717, 1.165) is 23.5 Å². The smallest absolute Gasteiger partial charge is 0.161 e. The number of hydrogen-bond donors (Lipinski definition) is 0. The zero-order valence-corrected chi connectivity index (χ0v) is 8.98. The number of aromatic nitrogens is 1. The fourth-order valence-electron chi connectivity index (χ4n) is 1.59. The molecule has 0 fully saturated rings. The van der Waals surface area contributed by atoms with Gasteiger partial charge in [-0.1, -0.05) is 0 Å². The minimum absolute atomic E-state index is 0.119. The van der Waals surface area contributed by atoms with Gasteiger partial charge in [0.1, 0.15) is 0 Å². The summed E-state index contributed by atoms with van der Waals surface area (Å²) in [6.07, 6.45) is 0. The van der Waals surface area contributed by atoms with Gasteiger partial charge in [0.25, 0.3) is 0 Å². The molecular weight excluding hydrogens is 186 g/mol. The van der Waals surface area contributed by atoms with Crippen molar-refractivity contribution in [1.29, 1.82) is 0 Å². The van der Waals surface area contributed by atoms with Crippen molar-refractivity contribution in [2.45, 2.75) is 27.3 Å². The van der Waals surface area contributed by atoms with Crippen LogP contribution in [0.25, 0.3) is 0 Å². The number of ketones is 1. The van der Waals surface area contributed by atoms with E-state index in [1.807, 2.05) is 19.9 Å². The normalized spacial score (nSPS) is 10.5. The number of nitrogens with zero attached hydrogens (tertiary/aromatic N) is 1. The first-order valence-corrected chi connectivity index (χ1v) is 4.85. The fraction of sp³-hybridized carbons (Fsp3) is 0.500. The summed E-state index contributed by atoms with van der Waals surface area (Å²) in [5, 5.41) is 0. The molecule has 0 aliphatic carbocycles. The molecule has 72 valence electrons. The van der Waals surface area contributed by atoms with E-state index >= 15 is 0 Å². The first kappa shape index (κ1) is 10.3. The van der Waals surface area contributed by atoms with E-state index in [4.69, 9.17) is 11.6 Å². The summed E-state index contributed by atoms with van der Waals surface area (Å²) in [4.78, 5) is 11.2. The molecule has 2 nitrogen and oxygen atoms in total. The van der Waals surface area contributed by atoms with Crippen LogP contribution < -0.4 is 0 Å². The van der Waals surface area contributed by atoms with Crippen LogP contribution in [-0.2, 0) is 6.54 Å². The lowest BCUT2D eigenvalue weighted by atomic mass is 10.2. The van der Waals surface area contributed by atoms with Crippen molar-refractivity contribution in [2.75, 3.05) is 5.88 Å². The average Bonchev–Trinajstić information content (AvgIpc) is 2.32. The standard InChI is InChI=1S/C10H14ClNO/c1-7-6-10(9(3)13)8(2)12(7)5-4-11/h6H,4-5H2,1-3H3. The van der Waals surface area contributed by atoms with Crippen molar-refractivity contribution < 1.29 is 4.79 Å². The Kier molecular flexibility index (Phi) is 3.15. The molecule has 0 N–H and O–H groups in total. The maximum absolute atomic E-state index is 11.2. The Morgan fingerprint density at radius 2 is 2.15 bits per heavy atom. The summed E-state index contributed by atoms with van der Waals surface area (Å²) in [5.74, 6) is 0.696. The number of Topliss-reactive ketones (excluding diaryl/α,β-unsaturated/α-hetero) is 1. The van der Waals surface area contributed by atoms with Crippen LogP contribution in [0.4, 0.5) is 0 Å². The molecule has 0 saturated carbocycles. The molecule has 1 aromatic heterocycles. The molecule has 0 atom stereocenters. The minimum atomic E-state index is 0.119. The molecule has 0 saturated heterocycles. The van der Waals surface area contributed by atoms with Crippen LogP contribution in [0.15, 0.2) is 6.07 Å². The van der Waals surface area contributed by atoms with E-state index in [-0.39, 0.29) is 5.78 Å². The monoisotopic (exact) mass is 199 g/mol. The van der Waals surface area contributed by atoms with E-state index in [9.17, 15) is 4.79 Å². The van der Waals surface area contributed by atoms with Crippen LogP contribution in [-0.4, -0.2) is 16.2 Å². The third-order valence-corrected chi connectivity index (χ3v) is 2.43. The molecule has 1 rings (SSSR count). The number of alkyl halides is 1. The van der Waals surface area contributed by atoms with Crippen LogP contribution in [0.5, 0.6) is 0 Å². The van der Waals surface area contributed by atoms with Gasteiger partial charge in [0, 0.05) is 29.4 Å². The second kappa shape index (κ2) is 3.97. The Morgan fingerprint density at radius 1 is 1.54 bits per heavy atom. The van der Waals surface area contributed by atoms with E-state index in [1.165, 1.54) is 0 Å². The summed E-state index contributed by atoms with van der Waals surface area (Å²) in [7, 11) is 0. The van der Waals surface area contributed by atoms with Crippen LogP contribution in [0.2, 0.25) is 0 Å².